The van der Waals surface area contributed by atoms with E-state index in [1.807, 2.05) is 26.0 Å². The van der Waals surface area contributed by atoms with E-state index in [9.17, 15) is 14.7 Å². The van der Waals surface area contributed by atoms with Crippen LogP contribution in [0.15, 0.2) is 39.5 Å². The van der Waals surface area contributed by atoms with Crippen molar-refractivity contribution in [3.8, 4) is 0 Å². The molecule has 3 unspecified atom stereocenters. The minimum Gasteiger partial charge on any atom is -0.381 e. The van der Waals surface area contributed by atoms with Gasteiger partial charge >= 0.3 is 0 Å². The SMILES string of the molecule is CC(C)OC1CC=C(NC2=NC(O)C(NC(=O)C3CCOCC3)C(=O)N2CC2=CC=C(Cl)CC2)CC1. The molecule has 2 amide bonds. The number of nitrogens with zero attached hydrogens (tertiary/aromatic N) is 2. The Morgan fingerprint density at radius 3 is 2.67 bits per heavy atom. The Bertz CT molecular complexity index is 954. The van der Waals surface area contributed by atoms with Gasteiger partial charge in [0.15, 0.2) is 12.3 Å². The van der Waals surface area contributed by atoms with Crippen LogP contribution in [0.4, 0.5) is 0 Å². The van der Waals surface area contributed by atoms with Crippen LogP contribution in [0.5, 0.6) is 0 Å². The van der Waals surface area contributed by atoms with Crippen LogP contribution in [0.2, 0.25) is 0 Å². The second-order valence-corrected chi connectivity index (χ2v) is 10.5. The predicted octanol–water partition coefficient (Wildman–Crippen LogP) is 2.71. The predicted molar refractivity (Wildman–Crippen MR) is 137 cm³/mol. The number of aliphatic hydroxyl groups is 1. The van der Waals surface area contributed by atoms with Crippen LogP contribution in [-0.4, -0.2) is 72.0 Å². The second-order valence-electron chi connectivity index (χ2n) is 10.0. The molecule has 2 aliphatic heterocycles. The summed E-state index contributed by atoms with van der Waals surface area (Å²) in [7, 11) is 0. The Morgan fingerprint density at radius 2 is 2.03 bits per heavy atom. The first-order valence-corrected chi connectivity index (χ1v) is 13.3. The van der Waals surface area contributed by atoms with E-state index in [1.165, 1.54) is 4.90 Å². The molecule has 198 valence electrons. The molecular formula is C26H37ClN4O5. The second kappa shape index (κ2) is 12.4. The first-order valence-electron chi connectivity index (χ1n) is 12.9. The number of allylic oxidation sites excluding steroid dienone is 4. The lowest BCUT2D eigenvalue weighted by atomic mass is 9.98. The van der Waals surface area contributed by atoms with Crippen LogP contribution in [0.3, 0.4) is 0 Å². The van der Waals surface area contributed by atoms with Gasteiger partial charge in [0, 0.05) is 29.9 Å². The van der Waals surface area contributed by atoms with Gasteiger partial charge in [0.1, 0.15) is 0 Å². The van der Waals surface area contributed by atoms with Crippen LogP contribution in [0.25, 0.3) is 0 Å². The molecule has 0 radical (unpaired) electrons. The van der Waals surface area contributed by atoms with Crippen LogP contribution >= 0.6 is 11.6 Å². The Balaban J connectivity index is 1.50. The van der Waals surface area contributed by atoms with Crippen molar-refractivity contribution in [3.63, 3.8) is 0 Å². The molecule has 0 aromatic rings. The van der Waals surface area contributed by atoms with E-state index >= 15 is 0 Å². The zero-order valence-electron chi connectivity index (χ0n) is 21.0. The van der Waals surface area contributed by atoms with Crippen LogP contribution in [0.1, 0.15) is 58.8 Å². The fraction of sp³-hybridized carbons (Fsp3) is 0.654. The number of rotatable bonds is 7. The lowest BCUT2D eigenvalue weighted by Gasteiger charge is -2.37. The van der Waals surface area contributed by atoms with Crippen molar-refractivity contribution in [2.75, 3.05) is 19.8 Å². The molecule has 1 fully saturated rings. The average molecular weight is 521 g/mol. The molecule has 4 aliphatic rings. The molecule has 4 rings (SSSR count). The highest BCUT2D eigenvalue weighted by atomic mass is 35.5. The number of halogens is 1. The van der Waals surface area contributed by atoms with E-state index in [4.69, 9.17) is 21.1 Å². The van der Waals surface area contributed by atoms with Crippen molar-refractivity contribution in [3.05, 3.63) is 34.5 Å². The monoisotopic (exact) mass is 520 g/mol. The fourth-order valence-electron chi connectivity index (χ4n) is 4.85. The third-order valence-electron chi connectivity index (χ3n) is 6.88. The zero-order valence-corrected chi connectivity index (χ0v) is 21.8. The summed E-state index contributed by atoms with van der Waals surface area (Å²) in [6.07, 6.45) is 9.80. The minimum atomic E-state index is -1.38. The Kier molecular flexibility index (Phi) is 9.22. The topological polar surface area (TPSA) is 112 Å². The molecule has 0 spiro atoms. The number of guanidine groups is 1. The normalized spacial score (nSPS) is 27.8. The largest absolute Gasteiger partial charge is 0.381 e. The first kappa shape index (κ1) is 26.9. The van der Waals surface area contributed by atoms with Gasteiger partial charge in [-0.15, -0.1) is 0 Å². The van der Waals surface area contributed by atoms with E-state index < -0.39 is 12.3 Å². The third kappa shape index (κ3) is 6.97. The molecule has 0 saturated carbocycles. The number of hydrogen-bond acceptors (Lipinski definition) is 7. The summed E-state index contributed by atoms with van der Waals surface area (Å²) >= 11 is 6.12. The number of carbonyl (C=O) groups excluding carboxylic acids is 2. The Labute approximate surface area is 217 Å². The van der Waals surface area contributed by atoms with Crippen molar-refractivity contribution in [1.82, 2.24) is 15.5 Å². The van der Waals surface area contributed by atoms with Gasteiger partial charge in [0.25, 0.3) is 5.91 Å². The van der Waals surface area contributed by atoms with Gasteiger partial charge in [-0.1, -0.05) is 23.8 Å². The summed E-state index contributed by atoms with van der Waals surface area (Å²) in [6.45, 7) is 5.38. The van der Waals surface area contributed by atoms with Crippen molar-refractivity contribution in [2.24, 2.45) is 10.9 Å². The van der Waals surface area contributed by atoms with E-state index in [0.717, 1.165) is 42.0 Å². The van der Waals surface area contributed by atoms with Gasteiger partial charge in [-0.3, -0.25) is 14.5 Å². The van der Waals surface area contributed by atoms with Gasteiger partial charge in [0.2, 0.25) is 11.9 Å². The number of aliphatic hydroxyl groups excluding tert-OH is 1. The molecule has 0 bridgehead atoms. The van der Waals surface area contributed by atoms with Crippen LogP contribution in [-0.2, 0) is 19.1 Å². The number of carbonyl (C=O) groups is 2. The molecule has 2 aliphatic carbocycles. The van der Waals surface area contributed by atoms with E-state index in [0.29, 0.717) is 45.0 Å². The molecule has 3 N–H and O–H groups in total. The molecule has 3 atom stereocenters. The van der Waals surface area contributed by atoms with Gasteiger partial charge in [-0.2, -0.15) is 0 Å². The molecule has 36 heavy (non-hydrogen) atoms. The number of amides is 2. The molecule has 2 heterocycles. The van der Waals surface area contributed by atoms with Gasteiger partial charge in [-0.25, -0.2) is 4.99 Å². The van der Waals surface area contributed by atoms with E-state index in [1.54, 1.807) is 0 Å². The highest BCUT2D eigenvalue weighted by molar-refractivity contribution is 6.29. The molecule has 9 nitrogen and oxygen atoms in total. The minimum absolute atomic E-state index is 0.167. The van der Waals surface area contributed by atoms with Crippen molar-refractivity contribution >= 4 is 29.4 Å². The number of aliphatic imine (C=N–C) groups is 1. The third-order valence-corrected chi connectivity index (χ3v) is 7.19. The Hall–Kier alpha value is -2.20. The molecule has 10 heteroatoms. The summed E-state index contributed by atoms with van der Waals surface area (Å²) in [5.74, 6) is -0.586. The van der Waals surface area contributed by atoms with E-state index in [-0.39, 0.29) is 29.9 Å². The van der Waals surface area contributed by atoms with Crippen LogP contribution < -0.4 is 10.6 Å². The summed E-state index contributed by atoms with van der Waals surface area (Å²) in [5, 5.41) is 17.6. The average Bonchev–Trinajstić information content (AvgIpc) is 2.86. The summed E-state index contributed by atoms with van der Waals surface area (Å²) in [6, 6.07) is -1.14. The summed E-state index contributed by atoms with van der Waals surface area (Å²) in [4.78, 5) is 32.4. The lowest BCUT2D eigenvalue weighted by Crippen LogP contribution is -2.62. The first-order chi connectivity index (χ1) is 17.3. The van der Waals surface area contributed by atoms with Gasteiger partial charge < -0.3 is 25.2 Å². The summed E-state index contributed by atoms with van der Waals surface area (Å²) in [5.41, 5.74) is 1.96. The van der Waals surface area contributed by atoms with Crippen molar-refractivity contribution in [1.29, 1.82) is 0 Å². The zero-order chi connectivity index (χ0) is 25.7. The van der Waals surface area contributed by atoms with Gasteiger partial charge in [0.05, 0.1) is 18.8 Å². The number of hydrogen-bond donors (Lipinski definition) is 3. The maximum atomic E-state index is 13.6. The summed E-state index contributed by atoms with van der Waals surface area (Å²) < 4.78 is 11.3. The van der Waals surface area contributed by atoms with Crippen molar-refractivity contribution < 1.29 is 24.2 Å². The highest BCUT2D eigenvalue weighted by Gasteiger charge is 2.40. The highest BCUT2D eigenvalue weighted by Crippen LogP contribution is 2.25. The number of ether oxygens (including phenoxy) is 2. The Morgan fingerprint density at radius 1 is 1.25 bits per heavy atom. The fourth-order valence-corrected chi connectivity index (χ4v) is 5.01. The lowest BCUT2D eigenvalue weighted by molar-refractivity contribution is -0.139. The maximum Gasteiger partial charge on any atom is 0.256 e. The molecule has 0 aromatic carbocycles. The molecule has 1 saturated heterocycles. The quantitative estimate of drug-likeness (QED) is 0.476. The van der Waals surface area contributed by atoms with Crippen LogP contribution in [0, 0.1) is 5.92 Å². The van der Waals surface area contributed by atoms with Crippen molar-refractivity contribution in [2.45, 2.75) is 83.3 Å². The smallest absolute Gasteiger partial charge is 0.256 e. The van der Waals surface area contributed by atoms with Gasteiger partial charge in [-0.05, 0) is 70.4 Å². The standard InChI is InChI=1S/C26H37ClN4O5/c1-16(2)36-21-9-7-20(8-10-21)28-26-30-24(33)22(29-23(32)18-11-13-35-14-12-18)25(34)31(26)15-17-3-5-19(27)6-4-17/h3,5,7,16,18,21-22,24,33H,4,6,8-15H2,1-2H3,(H,28,30)(H,29,32). The molecular weight excluding hydrogens is 484 g/mol. The number of nitrogens with one attached hydrogen (secondary N) is 2. The molecule has 0 aromatic heterocycles. The van der Waals surface area contributed by atoms with E-state index in [2.05, 4.69) is 21.7 Å². The maximum absolute atomic E-state index is 13.6.